The molecule has 162 valence electrons. The van der Waals surface area contributed by atoms with E-state index in [0.717, 1.165) is 0 Å². The minimum atomic E-state index is -0.490. The third-order valence-corrected chi connectivity index (χ3v) is 5.14. The summed E-state index contributed by atoms with van der Waals surface area (Å²) in [6.45, 7) is 3.73. The number of hydrogen-bond acceptors (Lipinski definition) is 9. The molecule has 31 heavy (non-hydrogen) atoms. The van der Waals surface area contributed by atoms with Crippen molar-refractivity contribution in [2.75, 3.05) is 6.26 Å². The van der Waals surface area contributed by atoms with Crippen LogP contribution in [0.15, 0.2) is 45.3 Å². The van der Waals surface area contributed by atoms with Gasteiger partial charge in [-0.25, -0.2) is 9.59 Å². The molecule has 0 aromatic carbocycles. The van der Waals surface area contributed by atoms with Gasteiger partial charge in [0.1, 0.15) is 10.8 Å². The Kier molecular flexibility index (Phi) is 6.71. The molecule has 0 atom stereocenters. The van der Waals surface area contributed by atoms with Crippen molar-refractivity contribution in [2.24, 2.45) is 0 Å². The highest BCUT2D eigenvalue weighted by molar-refractivity contribution is 7.98. The molecule has 0 saturated carbocycles. The van der Waals surface area contributed by atoms with Gasteiger partial charge in [0.15, 0.2) is 9.93 Å². The average Bonchev–Trinajstić information content (AvgIpc) is 2.71. The predicted octanol–water partition coefficient (Wildman–Crippen LogP) is 2.26. The third kappa shape index (κ3) is 4.75. The Hall–Kier alpha value is -3.25. The van der Waals surface area contributed by atoms with Crippen molar-refractivity contribution in [3.63, 3.8) is 0 Å². The molecule has 0 bridgehead atoms. The minimum absolute atomic E-state index is 0.109. The lowest BCUT2D eigenvalue weighted by Gasteiger charge is -2.02. The highest BCUT2D eigenvalue weighted by Gasteiger charge is 2.11. The van der Waals surface area contributed by atoms with Crippen molar-refractivity contribution in [3.05, 3.63) is 69.6 Å². The summed E-state index contributed by atoms with van der Waals surface area (Å²) in [6, 6.07) is 2.65. The fraction of sp³-hybridized carbons (Fsp3) is 0.263. The van der Waals surface area contributed by atoms with Crippen molar-refractivity contribution in [1.82, 2.24) is 19.9 Å². The van der Waals surface area contributed by atoms with E-state index in [1.165, 1.54) is 23.9 Å². The van der Waals surface area contributed by atoms with Gasteiger partial charge >= 0.3 is 11.3 Å². The van der Waals surface area contributed by atoms with Crippen LogP contribution in [-0.2, 0) is 12.8 Å². The van der Waals surface area contributed by atoms with Gasteiger partial charge in [0.05, 0.1) is 0 Å². The second kappa shape index (κ2) is 9.27. The Morgan fingerprint density at radius 3 is 2.10 bits per heavy atom. The van der Waals surface area contributed by atoms with Gasteiger partial charge in [-0.3, -0.25) is 14.6 Å². The van der Waals surface area contributed by atoms with Crippen molar-refractivity contribution in [2.45, 2.75) is 31.8 Å². The van der Waals surface area contributed by atoms with Gasteiger partial charge in [-0.05, 0) is 42.4 Å². The number of nitrogens with zero attached hydrogens (tertiary/aromatic N) is 1. The normalized spacial score (nSPS) is 10.8. The van der Waals surface area contributed by atoms with Gasteiger partial charge in [-0.2, -0.15) is 4.98 Å². The molecule has 0 radical (unpaired) electrons. The van der Waals surface area contributed by atoms with Gasteiger partial charge in [-0.15, -0.1) is 0 Å². The number of nitrogens with one attached hydrogen (secondary N) is 3. The average molecular weight is 463 g/mol. The van der Waals surface area contributed by atoms with E-state index in [-0.39, 0.29) is 27.3 Å². The summed E-state index contributed by atoms with van der Waals surface area (Å²) >= 11 is 6.07. The maximum Gasteiger partial charge on any atom is 0.337 e. The Balaban J connectivity index is 0.000000176. The Bertz CT molecular complexity index is 1560. The van der Waals surface area contributed by atoms with Gasteiger partial charge in [-0.1, -0.05) is 25.6 Å². The number of H-pyrrole nitrogens is 3. The van der Waals surface area contributed by atoms with Crippen LogP contribution in [0.5, 0.6) is 0 Å². The van der Waals surface area contributed by atoms with E-state index in [1.54, 1.807) is 6.26 Å². The zero-order chi connectivity index (χ0) is 22.7. The molecule has 4 aromatic heterocycles. The fourth-order valence-electron chi connectivity index (χ4n) is 2.96. The van der Waals surface area contributed by atoms with E-state index in [2.05, 4.69) is 19.9 Å². The largest absolute Gasteiger partial charge is 0.405 e. The van der Waals surface area contributed by atoms with E-state index in [1.807, 2.05) is 13.8 Å². The zero-order valence-electron chi connectivity index (χ0n) is 16.8. The number of aromatic amines is 3. The molecule has 0 saturated heterocycles. The van der Waals surface area contributed by atoms with E-state index in [9.17, 15) is 19.2 Å². The van der Waals surface area contributed by atoms with Crippen LogP contribution in [0.3, 0.4) is 0 Å². The Morgan fingerprint density at radius 2 is 1.48 bits per heavy atom. The molecule has 0 aliphatic rings. The molecule has 0 aliphatic heterocycles. The van der Waals surface area contributed by atoms with Crippen LogP contribution >= 0.6 is 24.0 Å². The predicted molar refractivity (Wildman–Crippen MR) is 120 cm³/mol. The Labute approximate surface area is 182 Å². The van der Waals surface area contributed by atoms with Gasteiger partial charge in [0, 0.05) is 12.1 Å². The quantitative estimate of drug-likeness (QED) is 0.236. The number of thioether (sulfide) groups is 1. The van der Waals surface area contributed by atoms with Gasteiger partial charge in [0.25, 0.3) is 11.1 Å². The highest BCUT2D eigenvalue weighted by Crippen LogP contribution is 2.14. The lowest BCUT2D eigenvalue weighted by Crippen LogP contribution is -2.14. The SMILES string of the molecule is CCc1cc(=O)oc2[nH]c(=S)[nH]c(=O)c12.CCc1cc(=O)oc2nc(SC)[nH]c(=O)c12. The molecular weight excluding hydrogens is 444 g/mol. The first-order valence-corrected chi connectivity index (χ1v) is 10.8. The molecule has 4 rings (SSSR count). The second-order valence-corrected chi connectivity index (χ2v) is 7.46. The summed E-state index contributed by atoms with van der Waals surface area (Å²) in [5, 5.41) is 1.15. The summed E-state index contributed by atoms with van der Waals surface area (Å²) in [4.78, 5) is 57.5. The van der Waals surface area contributed by atoms with Crippen molar-refractivity contribution in [3.8, 4) is 0 Å². The van der Waals surface area contributed by atoms with E-state index >= 15 is 0 Å². The molecule has 10 nitrogen and oxygen atoms in total. The van der Waals surface area contributed by atoms with Crippen molar-refractivity contribution in [1.29, 1.82) is 0 Å². The molecule has 3 N–H and O–H groups in total. The van der Waals surface area contributed by atoms with E-state index in [0.29, 0.717) is 39.9 Å². The first-order chi connectivity index (χ1) is 14.8. The summed E-state index contributed by atoms with van der Waals surface area (Å²) in [5.74, 6) is 0. The lowest BCUT2D eigenvalue weighted by atomic mass is 10.1. The number of aromatic nitrogens is 4. The van der Waals surface area contributed by atoms with Crippen molar-refractivity contribution >= 4 is 46.2 Å². The monoisotopic (exact) mass is 462 g/mol. The highest BCUT2D eigenvalue weighted by atomic mass is 32.2. The molecule has 0 fully saturated rings. The number of rotatable bonds is 3. The van der Waals surface area contributed by atoms with Crippen LogP contribution < -0.4 is 22.4 Å². The molecule has 12 heteroatoms. The first kappa shape index (κ1) is 22.4. The lowest BCUT2D eigenvalue weighted by molar-refractivity contribution is 0.541. The van der Waals surface area contributed by atoms with Crippen LogP contribution in [-0.4, -0.2) is 26.2 Å². The second-order valence-electron chi connectivity index (χ2n) is 6.26. The van der Waals surface area contributed by atoms with Crippen LogP contribution in [0.4, 0.5) is 0 Å². The first-order valence-electron chi connectivity index (χ1n) is 9.17. The summed E-state index contributed by atoms with van der Waals surface area (Å²) in [7, 11) is 0. The third-order valence-electron chi connectivity index (χ3n) is 4.35. The smallest absolute Gasteiger partial charge is 0.337 e. The maximum atomic E-state index is 11.8. The van der Waals surface area contributed by atoms with Crippen LogP contribution in [0.25, 0.3) is 22.2 Å². The maximum absolute atomic E-state index is 11.8. The Morgan fingerprint density at radius 1 is 0.903 bits per heavy atom. The molecule has 0 aliphatic carbocycles. The molecule has 4 aromatic rings. The zero-order valence-corrected chi connectivity index (χ0v) is 18.4. The summed E-state index contributed by atoms with van der Waals surface area (Å²) in [5.41, 5.74) is -0.0265. The molecular formula is C19H18N4O6S2. The molecule has 4 heterocycles. The standard InChI is InChI=1S/C10H10N2O3S.C9H8N2O3S/c1-3-5-4-6(13)15-9-7(5)8(14)11-10(12-9)16-2;1-2-4-3-5(12)14-8-6(4)7(13)10-9(15)11-8/h4H,3H2,1-2H3,(H,11,12,14);3H,2H2,1H3,(H2,10,11,13,15). The summed E-state index contributed by atoms with van der Waals surface area (Å²) < 4.78 is 9.94. The fourth-order valence-corrected chi connectivity index (χ4v) is 3.52. The van der Waals surface area contributed by atoms with Gasteiger partial charge in [0.2, 0.25) is 11.4 Å². The molecule has 0 unspecified atom stereocenters. The van der Waals surface area contributed by atoms with Crippen LogP contribution in [0.1, 0.15) is 25.0 Å². The van der Waals surface area contributed by atoms with Crippen LogP contribution in [0.2, 0.25) is 0 Å². The van der Waals surface area contributed by atoms with E-state index < -0.39 is 11.3 Å². The molecule has 0 amide bonds. The van der Waals surface area contributed by atoms with Gasteiger partial charge < -0.3 is 18.8 Å². The van der Waals surface area contributed by atoms with Crippen molar-refractivity contribution < 1.29 is 8.83 Å². The summed E-state index contributed by atoms with van der Waals surface area (Å²) in [6.07, 6.45) is 2.95. The molecule has 0 spiro atoms. The van der Waals surface area contributed by atoms with E-state index in [4.69, 9.17) is 21.1 Å². The number of fused-ring (bicyclic) bond motifs is 2. The minimum Gasteiger partial charge on any atom is -0.405 e. The number of aryl methyl sites for hydroxylation is 2. The topological polar surface area (TPSA) is 155 Å². The number of hydrogen-bond donors (Lipinski definition) is 3. The van der Waals surface area contributed by atoms with Crippen LogP contribution in [0, 0.1) is 4.77 Å².